The molecule has 0 aliphatic heterocycles. The number of Topliss-reactive ketones (excluding diaryl/α,β-unsaturated/α-hetero) is 1. The Kier molecular flexibility index (Phi) is 6.75. The Bertz CT molecular complexity index is 825. The summed E-state index contributed by atoms with van der Waals surface area (Å²) in [4.78, 5) is 23.6. The van der Waals surface area contributed by atoms with Crippen LogP contribution < -0.4 is 10.6 Å². The van der Waals surface area contributed by atoms with E-state index in [1.54, 1.807) is 38.1 Å². The molecule has 0 unspecified atom stereocenters. The van der Waals surface area contributed by atoms with E-state index < -0.39 is 11.9 Å². The van der Waals surface area contributed by atoms with Gasteiger partial charge in [-0.25, -0.2) is 4.39 Å². The fraction of sp³-hybridized carbons (Fsp3) is 0.263. The summed E-state index contributed by atoms with van der Waals surface area (Å²) in [6.07, 6.45) is 0. The summed E-state index contributed by atoms with van der Waals surface area (Å²) in [5, 5.41) is 6.10. The first-order valence-electron chi connectivity index (χ1n) is 8.01. The molecule has 0 saturated heterocycles. The van der Waals surface area contributed by atoms with E-state index in [9.17, 15) is 14.0 Å². The maximum Gasteiger partial charge on any atom is 0.241 e. The molecule has 0 aliphatic rings. The molecule has 0 aliphatic carbocycles. The zero-order valence-corrected chi connectivity index (χ0v) is 16.1. The van der Waals surface area contributed by atoms with Crippen molar-refractivity contribution in [3.8, 4) is 0 Å². The molecule has 1 amide bonds. The summed E-state index contributed by atoms with van der Waals surface area (Å²) in [5.41, 5.74) is 1.66. The average Bonchev–Trinajstić information content (AvgIpc) is 2.58. The molecule has 0 aromatic heterocycles. The summed E-state index contributed by atoms with van der Waals surface area (Å²) in [7, 11) is 0. The van der Waals surface area contributed by atoms with Crippen LogP contribution in [0.2, 0.25) is 10.0 Å². The first-order valence-corrected chi connectivity index (χ1v) is 8.77. The van der Waals surface area contributed by atoms with Gasteiger partial charge in [-0.3, -0.25) is 14.9 Å². The number of anilines is 1. The Morgan fingerprint density at radius 2 is 1.65 bits per heavy atom. The van der Waals surface area contributed by atoms with Crippen molar-refractivity contribution in [2.24, 2.45) is 0 Å². The number of carbonyl (C=O) groups is 2. The maximum atomic E-state index is 13.7. The normalized spacial score (nSPS) is 13.2. The number of hydrogen-bond acceptors (Lipinski definition) is 3. The van der Waals surface area contributed by atoms with Gasteiger partial charge >= 0.3 is 0 Å². The van der Waals surface area contributed by atoms with Gasteiger partial charge in [0, 0.05) is 22.3 Å². The number of ketones is 1. The zero-order chi connectivity index (χ0) is 19.4. The first-order chi connectivity index (χ1) is 12.2. The smallest absolute Gasteiger partial charge is 0.241 e. The van der Waals surface area contributed by atoms with Crippen molar-refractivity contribution < 1.29 is 14.0 Å². The van der Waals surface area contributed by atoms with Gasteiger partial charge in [-0.1, -0.05) is 23.2 Å². The van der Waals surface area contributed by atoms with Gasteiger partial charge in [0.25, 0.3) is 0 Å². The third kappa shape index (κ3) is 5.04. The fourth-order valence-corrected chi connectivity index (χ4v) is 3.00. The standard InChI is InChI=1S/C19H19Cl2FN2O2/c1-10(15-8-18(22)17(21)9-16(15)20)23-11(2)19(26)24-14-6-4-13(5-7-14)12(3)25/h4-11,23H,1-3H3,(H,24,26)/t10-,11+/m0/s1. The van der Waals surface area contributed by atoms with E-state index >= 15 is 0 Å². The van der Waals surface area contributed by atoms with Gasteiger partial charge in [0.1, 0.15) is 5.82 Å². The third-order valence-electron chi connectivity index (χ3n) is 3.96. The molecule has 4 nitrogen and oxygen atoms in total. The molecule has 2 N–H and O–H groups in total. The minimum Gasteiger partial charge on any atom is -0.325 e. The SMILES string of the molecule is CC(=O)c1ccc(NC(=O)[C@@H](C)N[C@@H](C)c2cc(F)c(Cl)cc2Cl)cc1. The molecule has 0 saturated carbocycles. The fourth-order valence-electron chi connectivity index (χ4n) is 2.45. The molecule has 7 heteroatoms. The second-order valence-corrected chi connectivity index (χ2v) is 6.84. The highest BCUT2D eigenvalue weighted by Crippen LogP contribution is 2.28. The van der Waals surface area contributed by atoms with Crippen LogP contribution in [0.3, 0.4) is 0 Å². The van der Waals surface area contributed by atoms with Gasteiger partial charge in [0.05, 0.1) is 11.1 Å². The van der Waals surface area contributed by atoms with E-state index in [-0.39, 0.29) is 22.8 Å². The number of halogens is 3. The molecule has 0 heterocycles. The average molecular weight is 397 g/mol. The monoisotopic (exact) mass is 396 g/mol. The van der Waals surface area contributed by atoms with Gasteiger partial charge in [-0.2, -0.15) is 0 Å². The summed E-state index contributed by atoms with van der Waals surface area (Å²) >= 11 is 11.8. The molecule has 0 bridgehead atoms. The topological polar surface area (TPSA) is 58.2 Å². The lowest BCUT2D eigenvalue weighted by Gasteiger charge is -2.21. The Hall–Kier alpha value is -1.95. The van der Waals surface area contributed by atoms with Gasteiger partial charge < -0.3 is 5.32 Å². The molecule has 0 spiro atoms. The molecule has 2 rings (SSSR count). The van der Waals surface area contributed by atoms with Crippen LogP contribution in [0.15, 0.2) is 36.4 Å². The summed E-state index contributed by atoms with van der Waals surface area (Å²) in [6.45, 7) is 4.95. The van der Waals surface area contributed by atoms with Crippen LogP contribution in [0.25, 0.3) is 0 Å². The van der Waals surface area contributed by atoms with Crippen molar-refractivity contribution in [2.75, 3.05) is 5.32 Å². The minimum absolute atomic E-state index is 0.0428. The van der Waals surface area contributed by atoms with Crippen LogP contribution in [0.4, 0.5) is 10.1 Å². The van der Waals surface area contributed by atoms with Gasteiger partial charge in [-0.15, -0.1) is 0 Å². The minimum atomic E-state index is -0.567. The number of nitrogens with one attached hydrogen (secondary N) is 2. The highest BCUT2D eigenvalue weighted by Gasteiger charge is 2.19. The molecule has 138 valence electrons. The van der Waals surface area contributed by atoms with Crippen LogP contribution >= 0.6 is 23.2 Å². The maximum absolute atomic E-state index is 13.7. The molecular weight excluding hydrogens is 378 g/mol. The first kappa shape index (κ1) is 20.4. The number of benzene rings is 2. The van der Waals surface area contributed by atoms with Crippen molar-refractivity contribution in [1.82, 2.24) is 5.32 Å². The molecule has 2 atom stereocenters. The second kappa shape index (κ2) is 8.62. The lowest BCUT2D eigenvalue weighted by atomic mass is 10.1. The second-order valence-electron chi connectivity index (χ2n) is 6.02. The van der Waals surface area contributed by atoms with Crippen molar-refractivity contribution in [3.63, 3.8) is 0 Å². The van der Waals surface area contributed by atoms with Gasteiger partial charge in [0.2, 0.25) is 5.91 Å². The van der Waals surface area contributed by atoms with Crippen molar-refractivity contribution >= 4 is 40.6 Å². The Morgan fingerprint density at radius 1 is 1.04 bits per heavy atom. The molecule has 0 fully saturated rings. The Morgan fingerprint density at radius 3 is 2.23 bits per heavy atom. The molecule has 26 heavy (non-hydrogen) atoms. The Labute approximate surface area is 161 Å². The van der Waals surface area contributed by atoms with E-state index in [0.717, 1.165) is 0 Å². The predicted octanol–water partition coefficient (Wildman–Crippen LogP) is 5.01. The number of carbonyl (C=O) groups excluding carboxylic acids is 2. The lowest BCUT2D eigenvalue weighted by molar-refractivity contribution is -0.117. The number of hydrogen-bond donors (Lipinski definition) is 2. The van der Waals surface area contributed by atoms with Gasteiger partial charge in [0.15, 0.2) is 5.78 Å². The quantitative estimate of drug-likeness (QED) is 0.532. The summed E-state index contributed by atoms with van der Waals surface area (Å²) in [5.74, 6) is -0.876. The van der Waals surface area contributed by atoms with Crippen LogP contribution in [-0.4, -0.2) is 17.7 Å². The molecule has 0 radical (unpaired) electrons. The Balaban J connectivity index is 2.02. The van der Waals surface area contributed by atoms with Gasteiger partial charge in [-0.05, 0) is 62.7 Å². The van der Waals surface area contributed by atoms with E-state index in [1.807, 2.05) is 0 Å². The van der Waals surface area contributed by atoms with E-state index in [4.69, 9.17) is 23.2 Å². The zero-order valence-electron chi connectivity index (χ0n) is 14.6. The van der Waals surface area contributed by atoms with Crippen LogP contribution in [0.5, 0.6) is 0 Å². The molecular formula is C19H19Cl2FN2O2. The van der Waals surface area contributed by atoms with Crippen molar-refractivity contribution in [2.45, 2.75) is 32.9 Å². The number of rotatable bonds is 6. The van der Waals surface area contributed by atoms with Crippen molar-refractivity contribution in [3.05, 3.63) is 63.4 Å². The summed E-state index contributed by atoms with van der Waals surface area (Å²) in [6, 6.07) is 8.29. The van der Waals surface area contributed by atoms with Crippen LogP contribution in [0, 0.1) is 5.82 Å². The third-order valence-corrected chi connectivity index (χ3v) is 4.58. The molecule has 2 aromatic carbocycles. The summed E-state index contributed by atoms with van der Waals surface area (Å²) < 4.78 is 13.7. The van der Waals surface area contributed by atoms with Crippen molar-refractivity contribution in [1.29, 1.82) is 0 Å². The number of amides is 1. The highest BCUT2D eigenvalue weighted by atomic mass is 35.5. The van der Waals surface area contributed by atoms with Crippen LogP contribution in [0.1, 0.15) is 42.7 Å². The van der Waals surface area contributed by atoms with Crippen LogP contribution in [-0.2, 0) is 4.79 Å². The van der Waals surface area contributed by atoms with E-state index in [0.29, 0.717) is 21.8 Å². The van der Waals surface area contributed by atoms with E-state index in [2.05, 4.69) is 10.6 Å². The predicted molar refractivity (Wildman–Crippen MR) is 103 cm³/mol. The van der Waals surface area contributed by atoms with E-state index in [1.165, 1.54) is 19.1 Å². The largest absolute Gasteiger partial charge is 0.325 e. The molecule has 2 aromatic rings. The highest BCUT2D eigenvalue weighted by molar-refractivity contribution is 6.35. The lowest BCUT2D eigenvalue weighted by Crippen LogP contribution is -2.39.